The molecule has 0 radical (unpaired) electrons. The molecule has 120 valence electrons. The highest BCUT2D eigenvalue weighted by Gasteiger charge is 2.22. The smallest absolute Gasteiger partial charge is 0.240 e. The highest BCUT2D eigenvalue weighted by Crippen LogP contribution is 2.23. The van der Waals surface area contributed by atoms with E-state index in [9.17, 15) is 12.8 Å². The molecular formula is C15H19FN2O2S2. The van der Waals surface area contributed by atoms with Crippen molar-refractivity contribution in [2.24, 2.45) is 0 Å². The van der Waals surface area contributed by atoms with Crippen LogP contribution in [0.25, 0.3) is 0 Å². The molecule has 1 N–H and O–H groups in total. The van der Waals surface area contributed by atoms with E-state index in [0.29, 0.717) is 5.56 Å². The minimum Gasteiger partial charge on any atom is -0.300 e. The van der Waals surface area contributed by atoms with Gasteiger partial charge in [-0.3, -0.25) is 0 Å². The summed E-state index contributed by atoms with van der Waals surface area (Å²) in [5.74, 6) is -0.562. The number of nitrogens with zero attached hydrogens (tertiary/aromatic N) is 1. The molecule has 22 heavy (non-hydrogen) atoms. The van der Waals surface area contributed by atoms with Crippen molar-refractivity contribution >= 4 is 21.4 Å². The van der Waals surface area contributed by atoms with Crippen molar-refractivity contribution in [1.29, 1.82) is 0 Å². The number of aryl methyl sites for hydroxylation is 1. The molecule has 0 spiro atoms. The van der Waals surface area contributed by atoms with Gasteiger partial charge in [0.15, 0.2) is 0 Å². The molecule has 1 aromatic carbocycles. The SMILES string of the molecule is Cc1ccc(F)cc1S(=O)(=O)NC[C@H](c1cccs1)N(C)C. The van der Waals surface area contributed by atoms with Crippen molar-refractivity contribution in [3.8, 4) is 0 Å². The van der Waals surface area contributed by atoms with Gasteiger partial charge in [-0.25, -0.2) is 17.5 Å². The average Bonchev–Trinajstić information content (AvgIpc) is 2.95. The van der Waals surface area contributed by atoms with Crippen LogP contribution in [0, 0.1) is 12.7 Å². The van der Waals surface area contributed by atoms with E-state index in [1.807, 2.05) is 36.5 Å². The van der Waals surface area contributed by atoms with Crippen LogP contribution >= 0.6 is 11.3 Å². The van der Waals surface area contributed by atoms with Crippen molar-refractivity contribution in [3.63, 3.8) is 0 Å². The second-order valence-corrected chi connectivity index (χ2v) is 7.97. The number of likely N-dealkylation sites (N-methyl/N-ethyl adjacent to an activating group) is 1. The first kappa shape index (κ1) is 17.1. The Morgan fingerprint density at radius 2 is 2.05 bits per heavy atom. The number of nitrogens with one attached hydrogen (secondary N) is 1. The number of thiophene rings is 1. The monoisotopic (exact) mass is 342 g/mol. The van der Waals surface area contributed by atoms with Gasteiger partial charge in [-0.2, -0.15) is 0 Å². The second kappa shape index (κ2) is 6.87. The Labute approximate surface area is 134 Å². The molecule has 0 bridgehead atoms. The maximum absolute atomic E-state index is 13.3. The predicted molar refractivity (Wildman–Crippen MR) is 87.1 cm³/mol. The lowest BCUT2D eigenvalue weighted by molar-refractivity contribution is 0.303. The summed E-state index contributed by atoms with van der Waals surface area (Å²) >= 11 is 1.57. The fourth-order valence-corrected chi connectivity index (χ4v) is 4.36. The fourth-order valence-electron chi connectivity index (χ4n) is 2.15. The molecule has 0 aliphatic heterocycles. The number of sulfonamides is 1. The van der Waals surface area contributed by atoms with E-state index < -0.39 is 15.8 Å². The Morgan fingerprint density at radius 3 is 2.64 bits per heavy atom. The summed E-state index contributed by atoms with van der Waals surface area (Å²) in [4.78, 5) is 3.01. The second-order valence-electron chi connectivity index (χ2n) is 5.26. The Bertz CT molecular complexity index is 728. The lowest BCUT2D eigenvalue weighted by Gasteiger charge is -2.23. The van der Waals surface area contributed by atoms with Crippen LogP contribution in [0.4, 0.5) is 4.39 Å². The van der Waals surface area contributed by atoms with Crippen molar-refractivity contribution < 1.29 is 12.8 Å². The Kier molecular flexibility index (Phi) is 5.33. The van der Waals surface area contributed by atoms with E-state index in [1.54, 1.807) is 18.3 Å². The van der Waals surface area contributed by atoms with Crippen LogP contribution in [0.1, 0.15) is 16.5 Å². The van der Waals surface area contributed by atoms with Gasteiger partial charge in [0.2, 0.25) is 10.0 Å². The molecule has 2 rings (SSSR count). The molecule has 0 saturated heterocycles. The summed E-state index contributed by atoms with van der Waals surface area (Å²) in [6.07, 6.45) is 0. The van der Waals surface area contributed by atoms with Crippen LogP contribution in [0.3, 0.4) is 0 Å². The van der Waals surface area contributed by atoms with E-state index in [1.165, 1.54) is 12.1 Å². The van der Waals surface area contributed by atoms with E-state index in [2.05, 4.69) is 4.72 Å². The molecule has 0 aliphatic carbocycles. The molecule has 2 aromatic rings. The maximum Gasteiger partial charge on any atom is 0.240 e. The van der Waals surface area contributed by atoms with E-state index >= 15 is 0 Å². The molecule has 0 aliphatic rings. The molecule has 0 saturated carbocycles. The van der Waals surface area contributed by atoms with Gasteiger partial charge >= 0.3 is 0 Å². The van der Waals surface area contributed by atoms with Crippen LogP contribution in [0.5, 0.6) is 0 Å². The molecule has 0 amide bonds. The van der Waals surface area contributed by atoms with Gasteiger partial charge < -0.3 is 4.90 Å². The summed E-state index contributed by atoms with van der Waals surface area (Å²) in [6.45, 7) is 1.88. The molecule has 4 nitrogen and oxygen atoms in total. The zero-order valence-corrected chi connectivity index (χ0v) is 14.3. The fraction of sp³-hybridized carbons (Fsp3) is 0.333. The summed E-state index contributed by atoms with van der Waals surface area (Å²) in [5, 5.41) is 1.96. The number of rotatable bonds is 6. The number of hydrogen-bond donors (Lipinski definition) is 1. The minimum atomic E-state index is -3.75. The number of benzene rings is 1. The highest BCUT2D eigenvalue weighted by molar-refractivity contribution is 7.89. The van der Waals surface area contributed by atoms with E-state index in [-0.39, 0.29) is 17.5 Å². The first-order valence-electron chi connectivity index (χ1n) is 6.77. The van der Waals surface area contributed by atoms with Crippen molar-refractivity contribution in [2.75, 3.05) is 20.6 Å². The highest BCUT2D eigenvalue weighted by atomic mass is 32.2. The third-order valence-corrected chi connectivity index (χ3v) is 5.94. The summed E-state index contributed by atoms with van der Waals surface area (Å²) in [7, 11) is 0.0448. The van der Waals surface area contributed by atoms with E-state index in [4.69, 9.17) is 0 Å². The summed E-state index contributed by atoms with van der Waals surface area (Å²) in [5.41, 5.74) is 0.520. The molecule has 0 fully saturated rings. The van der Waals surface area contributed by atoms with Crippen LogP contribution in [-0.4, -0.2) is 34.0 Å². The first-order chi connectivity index (χ1) is 10.3. The molecule has 1 aromatic heterocycles. The average molecular weight is 342 g/mol. The van der Waals surface area contributed by atoms with Crippen LogP contribution < -0.4 is 4.72 Å². The molecule has 1 atom stereocenters. The van der Waals surface area contributed by atoms with Crippen molar-refractivity contribution in [1.82, 2.24) is 9.62 Å². The van der Waals surface area contributed by atoms with Gasteiger partial charge in [-0.1, -0.05) is 12.1 Å². The van der Waals surface area contributed by atoms with Crippen molar-refractivity contribution in [3.05, 3.63) is 52.0 Å². The zero-order chi connectivity index (χ0) is 16.3. The minimum absolute atomic E-state index is 0.0174. The zero-order valence-electron chi connectivity index (χ0n) is 12.7. The van der Waals surface area contributed by atoms with Crippen LogP contribution in [-0.2, 0) is 10.0 Å². The van der Waals surface area contributed by atoms with Gasteiger partial charge in [0.1, 0.15) is 5.82 Å². The van der Waals surface area contributed by atoms with Gasteiger partial charge in [0, 0.05) is 11.4 Å². The van der Waals surface area contributed by atoms with Crippen LogP contribution in [0.2, 0.25) is 0 Å². The number of halogens is 1. The largest absolute Gasteiger partial charge is 0.300 e. The van der Waals surface area contributed by atoms with E-state index in [0.717, 1.165) is 10.9 Å². The lowest BCUT2D eigenvalue weighted by Crippen LogP contribution is -2.34. The molecule has 7 heteroatoms. The summed E-state index contributed by atoms with van der Waals surface area (Å²) < 4.78 is 40.7. The quantitative estimate of drug-likeness (QED) is 0.878. The molecule has 0 unspecified atom stereocenters. The number of hydrogen-bond acceptors (Lipinski definition) is 4. The third-order valence-electron chi connectivity index (χ3n) is 3.40. The Hall–Kier alpha value is -1.28. The maximum atomic E-state index is 13.3. The third kappa shape index (κ3) is 3.92. The van der Waals surface area contributed by atoms with Gasteiger partial charge in [0.25, 0.3) is 0 Å². The van der Waals surface area contributed by atoms with Gasteiger partial charge in [0.05, 0.1) is 10.9 Å². The normalized spacial score (nSPS) is 13.5. The standard InChI is InChI=1S/C15H19FN2O2S2/c1-11-6-7-12(16)9-15(11)22(19,20)17-10-13(18(2)3)14-5-4-8-21-14/h4-9,13,17H,10H2,1-3H3/t13-/m1/s1. The summed E-state index contributed by atoms with van der Waals surface area (Å²) in [6, 6.07) is 7.60. The van der Waals surface area contributed by atoms with Crippen LogP contribution in [0.15, 0.2) is 40.6 Å². The van der Waals surface area contributed by atoms with Gasteiger partial charge in [-0.05, 0) is 50.2 Å². The lowest BCUT2D eigenvalue weighted by atomic mass is 10.2. The van der Waals surface area contributed by atoms with Crippen molar-refractivity contribution in [2.45, 2.75) is 17.9 Å². The topological polar surface area (TPSA) is 49.4 Å². The molecular weight excluding hydrogens is 323 g/mol. The predicted octanol–water partition coefficient (Wildman–Crippen LogP) is 2.78. The molecule has 1 heterocycles. The Morgan fingerprint density at radius 1 is 1.32 bits per heavy atom. The van der Waals surface area contributed by atoms with Gasteiger partial charge in [-0.15, -0.1) is 11.3 Å². The Balaban J connectivity index is 2.20. The first-order valence-corrected chi connectivity index (χ1v) is 9.13.